The Balaban J connectivity index is 1.87. The maximum absolute atomic E-state index is 12.5. The molecule has 0 bridgehead atoms. The molecule has 1 atom stereocenters. The van der Waals surface area contributed by atoms with Crippen LogP contribution in [-0.2, 0) is 4.79 Å². The van der Waals surface area contributed by atoms with E-state index in [4.69, 9.17) is 0 Å². The molecule has 0 aromatic carbocycles. The first kappa shape index (κ1) is 12.9. The van der Waals surface area contributed by atoms with E-state index in [0.717, 1.165) is 38.4 Å². The highest BCUT2D eigenvalue weighted by Gasteiger charge is 2.31. The van der Waals surface area contributed by atoms with E-state index >= 15 is 0 Å². The highest BCUT2D eigenvalue weighted by Crippen LogP contribution is 2.32. The third-order valence-electron chi connectivity index (χ3n) is 4.56. The maximum Gasteiger partial charge on any atom is 0.226 e. The molecule has 0 aromatic rings. The Morgan fingerprint density at radius 1 is 1.29 bits per heavy atom. The van der Waals surface area contributed by atoms with Gasteiger partial charge in [-0.15, -0.1) is 0 Å². The molecule has 98 valence electrons. The lowest BCUT2D eigenvalue weighted by molar-refractivity contribution is -0.139. The van der Waals surface area contributed by atoms with E-state index in [-0.39, 0.29) is 0 Å². The molecular weight excluding hydrogens is 212 g/mol. The predicted octanol–water partition coefficient (Wildman–Crippen LogP) is 2.02. The zero-order chi connectivity index (χ0) is 12.3. The number of carbonyl (C=O) groups excluding carboxylic acids is 1. The lowest BCUT2D eigenvalue weighted by atomic mass is 9.80. The molecule has 0 radical (unpaired) electrons. The molecule has 3 heteroatoms. The Kier molecular flexibility index (Phi) is 4.43. The van der Waals surface area contributed by atoms with Gasteiger partial charge < -0.3 is 10.2 Å². The zero-order valence-corrected chi connectivity index (χ0v) is 11.2. The fourth-order valence-corrected chi connectivity index (χ4v) is 3.22. The van der Waals surface area contributed by atoms with Gasteiger partial charge in [0.25, 0.3) is 0 Å². The predicted molar refractivity (Wildman–Crippen MR) is 69.8 cm³/mol. The van der Waals surface area contributed by atoms with Crippen molar-refractivity contribution >= 4 is 5.91 Å². The molecule has 17 heavy (non-hydrogen) atoms. The van der Waals surface area contributed by atoms with E-state index in [9.17, 15) is 4.79 Å². The second-order valence-electron chi connectivity index (χ2n) is 5.71. The molecule has 1 saturated carbocycles. The largest absolute Gasteiger partial charge is 0.337 e. The third kappa shape index (κ3) is 3.01. The van der Waals surface area contributed by atoms with E-state index in [1.54, 1.807) is 0 Å². The quantitative estimate of drug-likeness (QED) is 0.798. The summed E-state index contributed by atoms with van der Waals surface area (Å²) in [6.45, 7) is 7.23. The molecule has 1 heterocycles. The summed E-state index contributed by atoms with van der Waals surface area (Å²) >= 11 is 0. The lowest BCUT2D eigenvalue weighted by Gasteiger charge is -2.38. The smallest absolute Gasteiger partial charge is 0.226 e. The van der Waals surface area contributed by atoms with Gasteiger partial charge in [0.15, 0.2) is 0 Å². The van der Waals surface area contributed by atoms with Crippen LogP contribution in [0.3, 0.4) is 0 Å². The van der Waals surface area contributed by atoms with E-state index in [0.29, 0.717) is 17.9 Å². The summed E-state index contributed by atoms with van der Waals surface area (Å²) in [7, 11) is 0. The SMILES string of the molecule is CC[C@H]1CC[C@@H](C(=O)N2CCNC[C@H]2C)CC1. The zero-order valence-electron chi connectivity index (χ0n) is 11.2. The topological polar surface area (TPSA) is 32.3 Å². The first-order valence-corrected chi connectivity index (χ1v) is 7.23. The number of rotatable bonds is 2. The minimum Gasteiger partial charge on any atom is -0.337 e. The van der Waals surface area contributed by atoms with Crippen LogP contribution in [0.4, 0.5) is 0 Å². The van der Waals surface area contributed by atoms with Crippen LogP contribution >= 0.6 is 0 Å². The van der Waals surface area contributed by atoms with Gasteiger partial charge in [-0.2, -0.15) is 0 Å². The Morgan fingerprint density at radius 3 is 2.59 bits per heavy atom. The normalized spacial score (nSPS) is 34.7. The molecule has 2 rings (SSSR count). The highest BCUT2D eigenvalue weighted by molar-refractivity contribution is 5.79. The summed E-state index contributed by atoms with van der Waals surface area (Å²) < 4.78 is 0. The first-order valence-electron chi connectivity index (χ1n) is 7.23. The van der Waals surface area contributed by atoms with Crippen LogP contribution in [0.25, 0.3) is 0 Å². The first-order chi connectivity index (χ1) is 8.22. The van der Waals surface area contributed by atoms with Crippen LogP contribution in [0.15, 0.2) is 0 Å². The van der Waals surface area contributed by atoms with Gasteiger partial charge in [-0.1, -0.05) is 13.3 Å². The van der Waals surface area contributed by atoms with Crippen molar-refractivity contribution in [3.05, 3.63) is 0 Å². The summed E-state index contributed by atoms with van der Waals surface area (Å²) in [5, 5.41) is 3.34. The van der Waals surface area contributed by atoms with Crippen molar-refractivity contribution in [1.29, 1.82) is 0 Å². The van der Waals surface area contributed by atoms with Gasteiger partial charge in [-0.3, -0.25) is 4.79 Å². The van der Waals surface area contributed by atoms with Crippen LogP contribution in [0, 0.1) is 11.8 Å². The molecule has 2 aliphatic rings. The summed E-state index contributed by atoms with van der Waals surface area (Å²) in [5.41, 5.74) is 0. The number of carbonyl (C=O) groups is 1. The molecule has 0 aromatic heterocycles. The average Bonchev–Trinajstić information content (AvgIpc) is 2.39. The third-order valence-corrected chi connectivity index (χ3v) is 4.56. The van der Waals surface area contributed by atoms with Crippen LogP contribution in [0.5, 0.6) is 0 Å². The molecule has 1 aliphatic heterocycles. The van der Waals surface area contributed by atoms with Crippen LogP contribution in [0.2, 0.25) is 0 Å². The Hall–Kier alpha value is -0.570. The lowest BCUT2D eigenvalue weighted by Crippen LogP contribution is -2.54. The molecular formula is C14H26N2O. The van der Waals surface area contributed by atoms with Crippen LogP contribution in [0.1, 0.15) is 46.0 Å². The number of nitrogens with zero attached hydrogens (tertiary/aromatic N) is 1. The minimum absolute atomic E-state index is 0.318. The number of nitrogens with one attached hydrogen (secondary N) is 1. The molecule has 0 unspecified atom stereocenters. The van der Waals surface area contributed by atoms with E-state index in [1.165, 1.54) is 19.3 Å². The van der Waals surface area contributed by atoms with Crippen LogP contribution < -0.4 is 5.32 Å². The van der Waals surface area contributed by atoms with Crippen molar-refractivity contribution < 1.29 is 4.79 Å². The van der Waals surface area contributed by atoms with Gasteiger partial charge in [0.2, 0.25) is 5.91 Å². The highest BCUT2D eigenvalue weighted by atomic mass is 16.2. The monoisotopic (exact) mass is 238 g/mol. The Morgan fingerprint density at radius 2 is 2.00 bits per heavy atom. The molecule has 0 spiro atoms. The number of hydrogen-bond acceptors (Lipinski definition) is 2. The number of piperazine rings is 1. The molecule has 2 fully saturated rings. The van der Waals surface area contributed by atoms with Crippen molar-refractivity contribution in [3.8, 4) is 0 Å². The number of hydrogen-bond donors (Lipinski definition) is 1. The molecule has 3 nitrogen and oxygen atoms in total. The Labute approximate surface area is 105 Å². The summed E-state index contributed by atoms with van der Waals surface area (Å²) in [4.78, 5) is 14.6. The van der Waals surface area contributed by atoms with Crippen molar-refractivity contribution in [2.75, 3.05) is 19.6 Å². The fourth-order valence-electron chi connectivity index (χ4n) is 3.22. The van der Waals surface area contributed by atoms with Gasteiger partial charge in [0.1, 0.15) is 0 Å². The molecule has 1 amide bonds. The van der Waals surface area contributed by atoms with Gasteiger partial charge in [0, 0.05) is 31.6 Å². The van der Waals surface area contributed by atoms with Gasteiger partial charge >= 0.3 is 0 Å². The van der Waals surface area contributed by atoms with Crippen molar-refractivity contribution in [2.45, 2.75) is 52.0 Å². The summed E-state index contributed by atoms with van der Waals surface area (Å²) in [6.07, 6.45) is 6.04. The van der Waals surface area contributed by atoms with E-state index in [2.05, 4.69) is 24.1 Å². The maximum atomic E-state index is 12.5. The van der Waals surface area contributed by atoms with Gasteiger partial charge in [0.05, 0.1) is 0 Å². The second-order valence-corrected chi connectivity index (χ2v) is 5.71. The second kappa shape index (κ2) is 5.85. The van der Waals surface area contributed by atoms with E-state index in [1.807, 2.05) is 0 Å². The fraction of sp³-hybridized carbons (Fsp3) is 0.929. The van der Waals surface area contributed by atoms with Gasteiger partial charge in [-0.05, 0) is 38.5 Å². The van der Waals surface area contributed by atoms with E-state index < -0.39 is 0 Å². The minimum atomic E-state index is 0.318. The van der Waals surface area contributed by atoms with Crippen molar-refractivity contribution in [2.24, 2.45) is 11.8 Å². The summed E-state index contributed by atoms with van der Waals surface area (Å²) in [5.74, 6) is 1.62. The average molecular weight is 238 g/mol. The van der Waals surface area contributed by atoms with Crippen molar-refractivity contribution in [1.82, 2.24) is 10.2 Å². The van der Waals surface area contributed by atoms with Crippen molar-refractivity contribution in [3.63, 3.8) is 0 Å². The number of amides is 1. The molecule has 1 aliphatic carbocycles. The molecule has 1 N–H and O–H groups in total. The summed E-state index contributed by atoms with van der Waals surface area (Å²) in [6, 6.07) is 0.375. The molecule has 1 saturated heterocycles. The van der Waals surface area contributed by atoms with Crippen LogP contribution in [-0.4, -0.2) is 36.5 Å². The standard InChI is InChI=1S/C14H26N2O/c1-3-12-4-6-13(7-5-12)14(17)16-9-8-15-10-11(16)2/h11-13,15H,3-10H2,1-2H3/t11-,12-,13+/m1/s1. The Bertz CT molecular complexity index is 259. The van der Waals surface area contributed by atoms with Gasteiger partial charge in [-0.25, -0.2) is 0 Å².